The number of H-pyrrole nitrogens is 1. The normalized spacial score (nSPS) is 11.6. The highest BCUT2D eigenvalue weighted by molar-refractivity contribution is 6.02. The summed E-state index contributed by atoms with van der Waals surface area (Å²) in [7, 11) is 0. The van der Waals surface area contributed by atoms with Crippen molar-refractivity contribution in [2.45, 2.75) is 40.7 Å². The summed E-state index contributed by atoms with van der Waals surface area (Å²) in [6.07, 6.45) is -1.07. The number of ketones is 2. The van der Waals surface area contributed by atoms with Gasteiger partial charge in [0, 0.05) is 22.5 Å². The van der Waals surface area contributed by atoms with Gasteiger partial charge in [-0.25, -0.2) is 4.79 Å². The molecule has 1 atom stereocenters. The highest BCUT2D eigenvalue weighted by atomic mass is 16.5. The van der Waals surface area contributed by atoms with Crippen molar-refractivity contribution in [3.05, 3.63) is 52.3 Å². The molecule has 7 nitrogen and oxygen atoms in total. The predicted octanol–water partition coefficient (Wildman–Crippen LogP) is 3.22. The van der Waals surface area contributed by atoms with E-state index < -0.39 is 18.0 Å². The number of hydrogen-bond donors (Lipinski definition) is 2. The smallest absolute Gasteiger partial charge is 0.355 e. The van der Waals surface area contributed by atoms with Gasteiger partial charge in [-0.05, 0) is 52.3 Å². The van der Waals surface area contributed by atoms with Gasteiger partial charge in [0.25, 0.3) is 5.91 Å². The van der Waals surface area contributed by atoms with Gasteiger partial charge < -0.3 is 15.0 Å². The van der Waals surface area contributed by atoms with E-state index in [4.69, 9.17) is 4.74 Å². The molecule has 0 radical (unpaired) electrons. The highest BCUT2D eigenvalue weighted by Crippen LogP contribution is 2.20. The Bertz CT molecular complexity index is 926. The van der Waals surface area contributed by atoms with E-state index >= 15 is 0 Å². The Morgan fingerprint density at radius 1 is 1.07 bits per heavy atom. The van der Waals surface area contributed by atoms with E-state index in [1.54, 1.807) is 38.1 Å². The molecule has 0 fully saturated rings. The number of amides is 1. The Balaban J connectivity index is 2.09. The first-order valence-corrected chi connectivity index (χ1v) is 8.44. The van der Waals surface area contributed by atoms with Crippen LogP contribution in [0.2, 0.25) is 0 Å². The Morgan fingerprint density at radius 2 is 1.74 bits per heavy atom. The van der Waals surface area contributed by atoms with E-state index in [0.29, 0.717) is 28.1 Å². The fraction of sp³-hybridized carbons (Fsp3) is 0.300. The molecule has 1 heterocycles. The third kappa shape index (κ3) is 4.49. The average molecular weight is 370 g/mol. The van der Waals surface area contributed by atoms with Crippen LogP contribution in [-0.4, -0.2) is 34.5 Å². The van der Waals surface area contributed by atoms with Crippen LogP contribution in [0.15, 0.2) is 24.3 Å². The number of esters is 1. The van der Waals surface area contributed by atoms with Crippen LogP contribution < -0.4 is 5.32 Å². The number of ether oxygens (including phenoxy) is 1. The van der Waals surface area contributed by atoms with Crippen molar-refractivity contribution in [1.29, 1.82) is 0 Å². The Labute approximate surface area is 157 Å². The SMILES string of the molecule is CC(=O)c1cccc(NC(=O)[C@@H](C)OC(=O)c2[nH]c(C)c(C(C)=O)c2C)c1. The van der Waals surface area contributed by atoms with Gasteiger partial charge in [0.2, 0.25) is 0 Å². The second-order valence-electron chi connectivity index (χ2n) is 6.35. The summed E-state index contributed by atoms with van der Waals surface area (Å²) >= 11 is 0. The number of carbonyl (C=O) groups excluding carboxylic acids is 4. The number of rotatable bonds is 6. The standard InChI is InChI=1S/C20H22N2O5/c1-10-17(13(4)24)11(2)21-18(10)20(26)27-14(5)19(25)22-16-8-6-7-15(9-16)12(3)23/h6-9,14,21H,1-5H3,(H,22,25)/t14-/m1/s1. The van der Waals surface area contributed by atoms with Gasteiger partial charge in [-0.15, -0.1) is 0 Å². The number of benzene rings is 1. The minimum Gasteiger partial charge on any atom is -0.448 e. The minimum atomic E-state index is -1.07. The number of Topliss-reactive ketones (excluding diaryl/α,β-unsaturated/α-hetero) is 2. The van der Waals surface area contributed by atoms with Crippen LogP contribution in [0.5, 0.6) is 0 Å². The van der Waals surface area contributed by atoms with Crippen LogP contribution in [0.25, 0.3) is 0 Å². The maximum atomic E-state index is 12.4. The Morgan fingerprint density at radius 3 is 2.30 bits per heavy atom. The van der Waals surface area contributed by atoms with E-state index in [-0.39, 0.29) is 17.3 Å². The van der Waals surface area contributed by atoms with Crippen LogP contribution in [-0.2, 0) is 9.53 Å². The van der Waals surface area contributed by atoms with Crippen molar-refractivity contribution in [2.24, 2.45) is 0 Å². The molecule has 0 unspecified atom stereocenters. The Hall–Kier alpha value is -3.22. The second-order valence-corrected chi connectivity index (χ2v) is 6.35. The zero-order valence-corrected chi connectivity index (χ0v) is 15.9. The molecule has 0 aliphatic heterocycles. The number of aromatic amines is 1. The fourth-order valence-corrected chi connectivity index (χ4v) is 2.82. The van der Waals surface area contributed by atoms with Gasteiger partial charge >= 0.3 is 5.97 Å². The molecule has 7 heteroatoms. The van der Waals surface area contributed by atoms with E-state index in [1.165, 1.54) is 20.8 Å². The maximum Gasteiger partial charge on any atom is 0.355 e. The lowest BCUT2D eigenvalue weighted by Crippen LogP contribution is -2.30. The van der Waals surface area contributed by atoms with Crippen molar-refractivity contribution in [1.82, 2.24) is 4.98 Å². The van der Waals surface area contributed by atoms with Gasteiger partial charge in [-0.1, -0.05) is 12.1 Å². The van der Waals surface area contributed by atoms with Crippen LogP contribution in [0.4, 0.5) is 5.69 Å². The lowest BCUT2D eigenvalue weighted by atomic mass is 10.1. The monoisotopic (exact) mass is 370 g/mol. The summed E-state index contributed by atoms with van der Waals surface area (Å²) in [5.74, 6) is -1.53. The average Bonchev–Trinajstić information content (AvgIpc) is 2.89. The number of carbonyl (C=O) groups is 4. The number of nitrogens with one attached hydrogen (secondary N) is 2. The molecule has 0 saturated heterocycles. The molecule has 0 aliphatic rings. The molecule has 1 amide bonds. The molecule has 0 bridgehead atoms. The summed E-state index contributed by atoms with van der Waals surface area (Å²) in [5.41, 5.74) is 2.56. The van der Waals surface area contributed by atoms with Gasteiger partial charge in [-0.3, -0.25) is 14.4 Å². The third-order valence-electron chi connectivity index (χ3n) is 4.18. The van der Waals surface area contributed by atoms with E-state index in [1.807, 2.05) is 0 Å². The third-order valence-corrected chi connectivity index (χ3v) is 4.18. The number of aryl methyl sites for hydroxylation is 1. The molecular weight excluding hydrogens is 348 g/mol. The predicted molar refractivity (Wildman–Crippen MR) is 100 cm³/mol. The molecule has 2 aromatic rings. The van der Waals surface area contributed by atoms with Crippen molar-refractivity contribution < 1.29 is 23.9 Å². The van der Waals surface area contributed by atoms with Crippen molar-refractivity contribution in [2.75, 3.05) is 5.32 Å². The second kappa shape index (κ2) is 7.99. The summed E-state index contributed by atoms with van der Waals surface area (Å²) in [6.45, 7) is 7.64. The van der Waals surface area contributed by atoms with Gasteiger partial charge in [0.1, 0.15) is 5.69 Å². The quantitative estimate of drug-likeness (QED) is 0.600. The van der Waals surface area contributed by atoms with Crippen LogP contribution in [0, 0.1) is 13.8 Å². The van der Waals surface area contributed by atoms with Crippen LogP contribution in [0.1, 0.15) is 63.2 Å². The molecular formula is C20H22N2O5. The largest absolute Gasteiger partial charge is 0.448 e. The number of hydrogen-bond acceptors (Lipinski definition) is 5. The molecule has 142 valence electrons. The first-order valence-electron chi connectivity index (χ1n) is 8.44. The van der Waals surface area contributed by atoms with Crippen molar-refractivity contribution in [3.8, 4) is 0 Å². The van der Waals surface area contributed by atoms with E-state index in [2.05, 4.69) is 10.3 Å². The molecule has 2 N–H and O–H groups in total. The van der Waals surface area contributed by atoms with E-state index in [9.17, 15) is 19.2 Å². The number of anilines is 1. The van der Waals surface area contributed by atoms with Gasteiger partial charge in [0.05, 0.1) is 0 Å². The summed E-state index contributed by atoms with van der Waals surface area (Å²) in [5, 5.41) is 2.61. The highest BCUT2D eigenvalue weighted by Gasteiger charge is 2.24. The zero-order chi connectivity index (χ0) is 20.3. The molecule has 1 aromatic carbocycles. The van der Waals surface area contributed by atoms with Crippen molar-refractivity contribution in [3.63, 3.8) is 0 Å². The molecule has 0 saturated carbocycles. The topological polar surface area (TPSA) is 105 Å². The molecule has 1 aromatic heterocycles. The molecule has 0 spiro atoms. The Kier molecular flexibility index (Phi) is 5.95. The summed E-state index contributed by atoms with van der Waals surface area (Å²) in [6, 6.07) is 6.48. The molecule has 0 aliphatic carbocycles. The van der Waals surface area contributed by atoms with Gasteiger partial charge in [0.15, 0.2) is 17.7 Å². The lowest BCUT2D eigenvalue weighted by molar-refractivity contribution is -0.123. The van der Waals surface area contributed by atoms with Gasteiger partial charge in [-0.2, -0.15) is 0 Å². The first-order chi connectivity index (χ1) is 12.6. The van der Waals surface area contributed by atoms with Crippen LogP contribution >= 0.6 is 0 Å². The van der Waals surface area contributed by atoms with E-state index in [0.717, 1.165) is 0 Å². The first kappa shape index (κ1) is 20.1. The maximum absolute atomic E-state index is 12.4. The molecule has 27 heavy (non-hydrogen) atoms. The van der Waals surface area contributed by atoms with Crippen LogP contribution in [0.3, 0.4) is 0 Å². The summed E-state index contributed by atoms with van der Waals surface area (Å²) in [4.78, 5) is 50.6. The zero-order valence-electron chi connectivity index (χ0n) is 15.9. The minimum absolute atomic E-state index is 0.121. The summed E-state index contributed by atoms with van der Waals surface area (Å²) < 4.78 is 5.22. The lowest BCUT2D eigenvalue weighted by Gasteiger charge is -2.14. The van der Waals surface area contributed by atoms with Crippen molar-refractivity contribution >= 4 is 29.1 Å². The fourth-order valence-electron chi connectivity index (χ4n) is 2.82. The molecule has 2 rings (SSSR count). The number of aromatic nitrogens is 1.